The summed E-state index contributed by atoms with van der Waals surface area (Å²) in [6, 6.07) is -0.278. The number of carbonyl (C=O) groups excluding carboxylic acids is 1. The lowest BCUT2D eigenvalue weighted by molar-refractivity contribution is -0.144. The second kappa shape index (κ2) is 6.54. The number of hydrogen-bond acceptors (Lipinski definition) is 4. The van der Waals surface area contributed by atoms with Crippen LogP contribution >= 0.6 is 0 Å². The largest absolute Gasteiger partial charge is 0.468 e. The molecule has 5 nitrogen and oxygen atoms in total. The molecule has 18 heavy (non-hydrogen) atoms. The molecule has 1 N–H and O–H groups in total. The Morgan fingerprint density at radius 1 is 1.56 bits per heavy atom. The van der Waals surface area contributed by atoms with E-state index < -0.39 is 0 Å². The molecule has 1 aromatic rings. The predicted octanol–water partition coefficient (Wildman–Crippen LogP) is 1.27. The molecule has 102 valence electrons. The van der Waals surface area contributed by atoms with Gasteiger partial charge in [0.05, 0.1) is 12.8 Å². The van der Waals surface area contributed by atoms with Crippen molar-refractivity contribution in [2.24, 2.45) is 13.0 Å². The Hall–Kier alpha value is -1.36. The Labute approximate surface area is 109 Å². The number of methoxy groups -OCH3 is 1. The molecule has 0 aliphatic heterocycles. The molecule has 0 aliphatic rings. The van der Waals surface area contributed by atoms with Gasteiger partial charge in [-0.2, -0.15) is 5.10 Å². The molecule has 1 heterocycles. The van der Waals surface area contributed by atoms with E-state index in [4.69, 9.17) is 4.74 Å². The maximum Gasteiger partial charge on any atom is 0.323 e. The molecule has 0 spiro atoms. The van der Waals surface area contributed by atoms with Gasteiger partial charge in [0.2, 0.25) is 0 Å². The molecule has 0 aliphatic carbocycles. The first-order valence-electron chi connectivity index (χ1n) is 6.32. The number of esters is 1. The fraction of sp³-hybridized carbons (Fsp3) is 0.692. The third kappa shape index (κ3) is 3.57. The van der Waals surface area contributed by atoms with Crippen LogP contribution < -0.4 is 5.32 Å². The molecule has 0 saturated carbocycles. The summed E-state index contributed by atoms with van der Waals surface area (Å²) in [7, 11) is 3.32. The second-order valence-corrected chi connectivity index (χ2v) is 4.75. The lowest BCUT2D eigenvalue weighted by atomic mass is 10.0. The molecule has 0 unspecified atom stereocenters. The molecule has 1 aromatic heterocycles. The van der Waals surface area contributed by atoms with Crippen LogP contribution in [-0.4, -0.2) is 28.9 Å². The molecule has 0 aromatic carbocycles. The molecule has 1 rings (SSSR count). The monoisotopic (exact) mass is 253 g/mol. The summed E-state index contributed by atoms with van der Waals surface area (Å²) >= 11 is 0. The van der Waals surface area contributed by atoms with Crippen molar-refractivity contribution >= 4 is 5.97 Å². The number of aryl methyl sites for hydroxylation is 2. The van der Waals surface area contributed by atoms with Gasteiger partial charge in [-0.3, -0.25) is 14.8 Å². The zero-order chi connectivity index (χ0) is 13.7. The highest BCUT2D eigenvalue weighted by molar-refractivity contribution is 5.75. The molecule has 5 heteroatoms. The summed E-state index contributed by atoms with van der Waals surface area (Å²) in [5.74, 6) is -0.0221. The fourth-order valence-corrected chi connectivity index (χ4v) is 1.97. The number of nitrogens with zero attached hydrogens (tertiary/aromatic N) is 2. The van der Waals surface area contributed by atoms with Crippen molar-refractivity contribution in [1.82, 2.24) is 15.1 Å². The number of aromatic nitrogens is 2. The van der Waals surface area contributed by atoms with Crippen LogP contribution in [0.4, 0.5) is 0 Å². The first-order valence-corrected chi connectivity index (χ1v) is 6.32. The minimum absolute atomic E-state index is 0.194. The molecule has 0 radical (unpaired) electrons. The molecular weight excluding hydrogens is 230 g/mol. The van der Waals surface area contributed by atoms with Crippen molar-refractivity contribution in [3.05, 3.63) is 17.5 Å². The van der Waals surface area contributed by atoms with E-state index in [1.54, 1.807) is 4.68 Å². The molecule has 0 amide bonds. The summed E-state index contributed by atoms with van der Waals surface area (Å²) < 4.78 is 6.61. The van der Waals surface area contributed by atoms with Crippen LogP contribution in [0.25, 0.3) is 0 Å². The van der Waals surface area contributed by atoms with Crippen LogP contribution in [0.3, 0.4) is 0 Å². The van der Waals surface area contributed by atoms with Gasteiger partial charge in [0.25, 0.3) is 0 Å². The number of hydrogen-bond donors (Lipinski definition) is 1. The SMILES string of the molecule is CCc1nn(C)cc1CN[C@H](C(=O)OC)C(C)C. The molecule has 1 atom stereocenters. The van der Waals surface area contributed by atoms with Crippen LogP contribution in [0.15, 0.2) is 6.20 Å². The van der Waals surface area contributed by atoms with Crippen LogP contribution in [0, 0.1) is 5.92 Å². The van der Waals surface area contributed by atoms with Gasteiger partial charge in [-0.1, -0.05) is 20.8 Å². The Morgan fingerprint density at radius 2 is 2.22 bits per heavy atom. The van der Waals surface area contributed by atoms with E-state index in [-0.39, 0.29) is 17.9 Å². The average molecular weight is 253 g/mol. The Bertz CT molecular complexity index is 399. The fourth-order valence-electron chi connectivity index (χ4n) is 1.97. The number of rotatable bonds is 6. The van der Waals surface area contributed by atoms with Gasteiger partial charge in [0.1, 0.15) is 6.04 Å². The summed E-state index contributed by atoms with van der Waals surface area (Å²) in [6.45, 7) is 6.71. The lowest BCUT2D eigenvalue weighted by Crippen LogP contribution is -2.41. The summed E-state index contributed by atoms with van der Waals surface area (Å²) in [4.78, 5) is 11.6. The van der Waals surface area contributed by atoms with Crippen LogP contribution in [-0.2, 0) is 29.5 Å². The zero-order valence-corrected chi connectivity index (χ0v) is 11.9. The van der Waals surface area contributed by atoms with Crippen molar-refractivity contribution in [1.29, 1.82) is 0 Å². The van der Waals surface area contributed by atoms with E-state index in [9.17, 15) is 4.79 Å². The molecular formula is C13H23N3O2. The van der Waals surface area contributed by atoms with E-state index in [1.807, 2.05) is 27.1 Å². The summed E-state index contributed by atoms with van der Waals surface area (Å²) in [6.07, 6.45) is 2.88. The van der Waals surface area contributed by atoms with Crippen molar-refractivity contribution in [3.63, 3.8) is 0 Å². The maximum absolute atomic E-state index is 11.6. The normalized spacial score (nSPS) is 12.8. The molecule has 0 saturated heterocycles. The van der Waals surface area contributed by atoms with Gasteiger partial charge < -0.3 is 4.74 Å². The van der Waals surface area contributed by atoms with Gasteiger partial charge in [-0.15, -0.1) is 0 Å². The number of nitrogens with one attached hydrogen (secondary N) is 1. The smallest absolute Gasteiger partial charge is 0.323 e. The first kappa shape index (κ1) is 14.7. The predicted molar refractivity (Wildman–Crippen MR) is 70.1 cm³/mol. The standard InChI is InChI=1S/C13H23N3O2/c1-6-11-10(8-16(4)15-11)7-14-12(9(2)3)13(17)18-5/h8-9,12,14H,6-7H2,1-5H3/t12-/m0/s1. The highest BCUT2D eigenvalue weighted by atomic mass is 16.5. The van der Waals surface area contributed by atoms with Gasteiger partial charge in [-0.05, 0) is 12.3 Å². The van der Waals surface area contributed by atoms with E-state index in [1.165, 1.54) is 7.11 Å². The Kier molecular flexibility index (Phi) is 5.34. The van der Waals surface area contributed by atoms with E-state index in [2.05, 4.69) is 17.3 Å². The lowest BCUT2D eigenvalue weighted by Gasteiger charge is -2.19. The maximum atomic E-state index is 11.6. The Balaban J connectivity index is 2.69. The zero-order valence-electron chi connectivity index (χ0n) is 11.9. The second-order valence-electron chi connectivity index (χ2n) is 4.75. The van der Waals surface area contributed by atoms with Crippen molar-refractivity contribution in [2.45, 2.75) is 39.8 Å². The highest BCUT2D eigenvalue weighted by Gasteiger charge is 2.22. The number of carbonyl (C=O) groups is 1. The van der Waals surface area contributed by atoms with E-state index >= 15 is 0 Å². The van der Waals surface area contributed by atoms with E-state index in [0.29, 0.717) is 6.54 Å². The highest BCUT2D eigenvalue weighted by Crippen LogP contribution is 2.09. The minimum Gasteiger partial charge on any atom is -0.468 e. The van der Waals surface area contributed by atoms with Gasteiger partial charge >= 0.3 is 5.97 Å². The van der Waals surface area contributed by atoms with Crippen molar-refractivity contribution in [3.8, 4) is 0 Å². The first-order chi connectivity index (χ1) is 8.49. The summed E-state index contributed by atoms with van der Waals surface area (Å²) in [5, 5.41) is 7.62. The molecule has 0 bridgehead atoms. The summed E-state index contributed by atoms with van der Waals surface area (Å²) in [5.41, 5.74) is 2.20. The van der Waals surface area contributed by atoms with Gasteiger partial charge in [0.15, 0.2) is 0 Å². The Morgan fingerprint density at radius 3 is 2.72 bits per heavy atom. The molecule has 0 fully saturated rings. The minimum atomic E-state index is -0.278. The van der Waals surface area contributed by atoms with Crippen LogP contribution in [0.1, 0.15) is 32.0 Å². The quantitative estimate of drug-likeness (QED) is 0.776. The van der Waals surface area contributed by atoms with E-state index in [0.717, 1.165) is 17.7 Å². The van der Waals surface area contributed by atoms with Crippen molar-refractivity contribution < 1.29 is 9.53 Å². The van der Waals surface area contributed by atoms with Crippen molar-refractivity contribution in [2.75, 3.05) is 7.11 Å². The third-order valence-corrected chi connectivity index (χ3v) is 2.96. The van der Waals surface area contributed by atoms with Gasteiger partial charge in [0, 0.05) is 25.4 Å². The topological polar surface area (TPSA) is 56.2 Å². The average Bonchev–Trinajstić information content (AvgIpc) is 2.69. The van der Waals surface area contributed by atoms with Crippen LogP contribution in [0.2, 0.25) is 0 Å². The number of ether oxygens (including phenoxy) is 1. The van der Waals surface area contributed by atoms with Crippen LogP contribution in [0.5, 0.6) is 0 Å². The third-order valence-electron chi connectivity index (χ3n) is 2.96. The van der Waals surface area contributed by atoms with Gasteiger partial charge in [-0.25, -0.2) is 0 Å².